The first-order chi connectivity index (χ1) is 11.5. The number of nitrogens with zero attached hydrogens (tertiary/aromatic N) is 4. The number of para-hydroxylation sites is 1. The molecule has 2 aromatic heterocycles. The molecule has 2 heterocycles. The second kappa shape index (κ2) is 6.31. The van der Waals surface area contributed by atoms with E-state index in [0.29, 0.717) is 23.6 Å². The van der Waals surface area contributed by atoms with Crippen molar-refractivity contribution in [3.05, 3.63) is 59.0 Å². The highest BCUT2D eigenvalue weighted by Crippen LogP contribution is 2.20. The maximum atomic E-state index is 12.8. The summed E-state index contributed by atoms with van der Waals surface area (Å²) in [6, 6.07) is 11.7. The molecule has 0 atom stereocenters. The third-order valence-electron chi connectivity index (χ3n) is 3.96. The third-order valence-corrected chi connectivity index (χ3v) is 3.96. The molecule has 0 bridgehead atoms. The van der Waals surface area contributed by atoms with Crippen LogP contribution in [-0.2, 0) is 6.54 Å². The first kappa shape index (κ1) is 16.0. The van der Waals surface area contributed by atoms with Gasteiger partial charge >= 0.3 is 0 Å². The number of nitrogens with one attached hydrogen (secondary N) is 1. The average molecular weight is 323 g/mol. The lowest BCUT2D eigenvalue weighted by atomic mass is 10.2. The highest BCUT2D eigenvalue weighted by molar-refractivity contribution is 6.05. The Kier molecular flexibility index (Phi) is 4.20. The summed E-state index contributed by atoms with van der Waals surface area (Å²) >= 11 is 0. The molecule has 0 aliphatic carbocycles. The normalized spacial score (nSPS) is 10.8. The van der Waals surface area contributed by atoms with Crippen molar-refractivity contribution in [3.8, 4) is 5.69 Å². The maximum absolute atomic E-state index is 12.8. The molecule has 6 heteroatoms. The fourth-order valence-electron chi connectivity index (χ4n) is 2.86. The summed E-state index contributed by atoms with van der Waals surface area (Å²) in [5, 5.41) is 11.8. The molecule has 124 valence electrons. The fraction of sp³-hybridized carbons (Fsp3) is 0.278. The predicted octanol–water partition coefficient (Wildman–Crippen LogP) is 3.27. The van der Waals surface area contributed by atoms with Crippen LogP contribution < -0.4 is 5.32 Å². The molecule has 0 aliphatic rings. The van der Waals surface area contributed by atoms with Crippen LogP contribution in [0, 0.1) is 20.8 Å². The van der Waals surface area contributed by atoms with Crippen LogP contribution in [0.4, 0.5) is 5.82 Å². The van der Waals surface area contributed by atoms with Crippen LogP contribution in [0.1, 0.15) is 34.4 Å². The lowest BCUT2D eigenvalue weighted by Gasteiger charge is -2.08. The van der Waals surface area contributed by atoms with Gasteiger partial charge < -0.3 is 5.32 Å². The van der Waals surface area contributed by atoms with E-state index in [0.717, 1.165) is 17.1 Å². The first-order valence-electron chi connectivity index (χ1n) is 7.98. The van der Waals surface area contributed by atoms with Gasteiger partial charge in [0.2, 0.25) is 0 Å². The highest BCUT2D eigenvalue weighted by atomic mass is 16.1. The quantitative estimate of drug-likeness (QED) is 0.801. The summed E-state index contributed by atoms with van der Waals surface area (Å²) in [6.45, 7) is 8.36. The van der Waals surface area contributed by atoms with Crippen LogP contribution in [-0.4, -0.2) is 25.5 Å². The smallest absolute Gasteiger partial charge is 0.260 e. The Morgan fingerprint density at radius 2 is 1.83 bits per heavy atom. The molecule has 0 saturated heterocycles. The summed E-state index contributed by atoms with van der Waals surface area (Å²) in [4.78, 5) is 12.8. The number of aryl methyl sites for hydroxylation is 3. The van der Waals surface area contributed by atoms with Gasteiger partial charge in [-0.05, 0) is 39.8 Å². The topological polar surface area (TPSA) is 64.7 Å². The van der Waals surface area contributed by atoms with E-state index in [4.69, 9.17) is 0 Å². The molecule has 3 rings (SSSR count). The summed E-state index contributed by atoms with van der Waals surface area (Å²) in [6.07, 6.45) is 0. The molecule has 0 spiro atoms. The van der Waals surface area contributed by atoms with Crippen LogP contribution in [0.5, 0.6) is 0 Å². The molecule has 1 N–H and O–H groups in total. The molecule has 0 radical (unpaired) electrons. The minimum Gasteiger partial charge on any atom is -0.307 e. The van der Waals surface area contributed by atoms with Crippen LogP contribution in [0.2, 0.25) is 0 Å². The van der Waals surface area contributed by atoms with Crippen molar-refractivity contribution in [2.24, 2.45) is 0 Å². The van der Waals surface area contributed by atoms with Crippen molar-refractivity contribution in [2.45, 2.75) is 34.2 Å². The van der Waals surface area contributed by atoms with E-state index in [1.54, 1.807) is 9.36 Å². The molecule has 1 aromatic carbocycles. The maximum Gasteiger partial charge on any atom is 0.260 e. The van der Waals surface area contributed by atoms with E-state index in [1.807, 2.05) is 64.1 Å². The Morgan fingerprint density at radius 3 is 2.50 bits per heavy atom. The molecule has 6 nitrogen and oxygen atoms in total. The Bertz CT molecular complexity index is 876. The van der Waals surface area contributed by atoms with Crippen LogP contribution in [0.25, 0.3) is 5.69 Å². The summed E-state index contributed by atoms with van der Waals surface area (Å²) in [7, 11) is 0. The number of hydrogen-bond acceptors (Lipinski definition) is 3. The second-order valence-corrected chi connectivity index (χ2v) is 5.73. The minimum absolute atomic E-state index is 0.165. The van der Waals surface area contributed by atoms with Crippen molar-refractivity contribution in [2.75, 3.05) is 5.32 Å². The SMILES string of the molecule is CCn1nc(C)cc1NC(=O)c1c(C)nn(-c2ccccc2)c1C. The molecule has 0 fully saturated rings. The van der Waals surface area contributed by atoms with Crippen molar-refractivity contribution in [1.29, 1.82) is 0 Å². The summed E-state index contributed by atoms with van der Waals surface area (Å²) in [5.41, 5.74) is 3.93. The van der Waals surface area contributed by atoms with Gasteiger partial charge in [-0.3, -0.25) is 4.79 Å². The van der Waals surface area contributed by atoms with Crippen LogP contribution >= 0.6 is 0 Å². The lowest BCUT2D eigenvalue weighted by molar-refractivity contribution is 0.102. The van der Waals surface area contributed by atoms with Gasteiger partial charge in [-0.25, -0.2) is 9.36 Å². The molecule has 1 amide bonds. The van der Waals surface area contributed by atoms with Crippen molar-refractivity contribution in [1.82, 2.24) is 19.6 Å². The molecular weight excluding hydrogens is 302 g/mol. The zero-order valence-electron chi connectivity index (χ0n) is 14.4. The van der Waals surface area contributed by atoms with Gasteiger partial charge in [0, 0.05) is 12.6 Å². The van der Waals surface area contributed by atoms with Gasteiger partial charge in [0.25, 0.3) is 5.91 Å². The van der Waals surface area contributed by atoms with Gasteiger partial charge in [0.05, 0.1) is 28.3 Å². The van der Waals surface area contributed by atoms with E-state index >= 15 is 0 Å². The number of benzene rings is 1. The fourth-order valence-corrected chi connectivity index (χ4v) is 2.86. The molecule has 0 aliphatic heterocycles. The highest BCUT2D eigenvalue weighted by Gasteiger charge is 2.20. The standard InChI is InChI=1S/C18H21N5O/c1-5-22-16(11-12(2)20-22)19-18(24)17-13(3)21-23(14(17)4)15-9-7-6-8-10-15/h6-11H,5H2,1-4H3,(H,19,24). The zero-order valence-corrected chi connectivity index (χ0v) is 14.4. The monoisotopic (exact) mass is 323 g/mol. The van der Waals surface area contributed by atoms with Gasteiger partial charge in [-0.2, -0.15) is 10.2 Å². The van der Waals surface area contributed by atoms with Crippen LogP contribution in [0.15, 0.2) is 36.4 Å². The van der Waals surface area contributed by atoms with Crippen molar-refractivity contribution in [3.63, 3.8) is 0 Å². The van der Waals surface area contributed by atoms with E-state index in [-0.39, 0.29) is 5.91 Å². The Labute approximate surface area is 141 Å². The summed E-state index contributed by atoms with van der Waals surface area (Å²) < 4.78 is 3.58. The van der Waals surface area contributed by atoms with Gasteiger partial charge in [0.15, 0.2) is 0 Å². The van der Waals surface area contributed by atoms with E-state index in [9.17, 15) is 4.79 Å². The Morgan fingerprint density at radius 1 is 1.12 bits per heavy atom. The van der Waals surface area contributed by atoms with E-state index in [2.05, 4.69) is 15.5 Å². The van der Waals surface area contributed by atoms with Gasteiger partial charge in [0.1, 0.15) is 5.82 Å². The second-order valence-electron chi connectivity index (χ2n) is 5.73. The van der Waals surface area contributed by atoms with Gasteiger partial charge in [-0.1, -0.05) is 18.2 Å². The Balaban J connectivity index is 1.95. The predicted molar refractivity (Wildman–Crippen MR) is 93.6 cm³/mol. The van der Waals surface area contributed by atoms with Crippen molar-refractivity contribution < 1.29 is 4.79 Å². The van der Waals surface area contributed by atoms with Crippen LogP contribution in [0.3, 0.4) is 0 Å². The molecular formula is C18H21N5O. The lowest BCUT2D eigenvalue weighted by Crippen LogP contribution is -2.17. The third kappa shape index (κ3) is 2.82. The van der Waals surface area contributed by atoms with Crippen molar-refractivity contribution >= 4 is 11.7 Å². The number of rotatable bonds is 4. The number of carbonyl (C=O) groups excluding carboxylic acids is 1. The zero-order chi connectivity index (χ0) is 17.3. The minimum atomic E-state index is -0.165. The molecule has 0 saturated carbocycles. The number of hydrogen-bond donors (Lipinski definition) is 1. The number of carbonyl (C=O) groups is 1. The van der Waals surface area contributed by atoms with E-state index < -0.39 is 0 Å². The largest absolute Gasteiger partial charge is 0.307 e. The first-order valence-corrected chi connectivity index (χ1v) is 7.98. The molecule has 3 aromatic rings. The number of aromatic nitrogens is 4. The molecule has 24 heavy (non-hydrogen) atoms. The van der Waals surface area contributed by atoms with E-state index in [1.165, 1.54) is 0 Å². The molecule has 0 unspecified atom stereocenters. The average Bonchev–Trinajstić information content (AvgIpc) is 3.07. The number of amides is 1. The summed E-state index contributed by atoms with van der Waals surface area (Å²) in [5.74, 6) is 0.535. The Hall–Kier alpha value is -2.89. The number of anilines is 1. The van der Waals surface area contributed by atoms with Gasteiger partial charge in [-0.15, -0.1) is 0 Å².